The van der Waals surface area contributed by atoms with Gasteiger partial charge in [-0.3, -0.25) is 0 Å². The number of benzene rings is 1. The highest BCUT2D eigenvalue weighted by Gasteiger charge is 2.02. The van der Waals surface area contributed by atoms with Crippen molar-refractivity contribution in [2.24, 2.45) is 0 Å². The van der Waals surface area contributed by atoms with Crippen molar-refractivity contribution in [2.75, 3.05) is 6.26 Å². The number of aliphatic hydroxyl groups is 1. The van der Waals surface area contributed by atoms with Crippen LogP contribution in [0.3, 0.4) is 0 Å². The van der Waals surface area contributed by atoms with Crippen molar-refractivity contribution in [1.29, 1.82) is 4.78 Å². The highest BCUT2D eigenvalue weighted by molar-refractivity contribution is 7.91. The second kappa shape index (κ2) is 3.25. The van der Waals surface area contributed by atoms with Gasteiger partial charge in [0.2, 0.25) is 0 Å². The van der Waals surface area contributed by atoms with Gasteiger partial charge in [0.25, 0.3) is 0 Å². The largest absolute Gasteiger partial charge is 0.392 e. The monoisotopic (exact) mass is 185 g/mol. The van der Waals surface area contributed by atoms with Crippen LogP contribution in [-0.2, 0) is 16.3 Å². The SMILES string of the molecule is CS(=N)(=O)c1cccc(CO)c1. The summed E-state index contributed by atoms with van der Waals surface area (Å²) < 4.78 is 18.5. The van der Waals surface area contributed by atoms with Gasteiger partial charge >= 0.3 is 0 Å². The van der Waals surface area contributed by atoms with E-state index in [-0.39, 0.29) is 6.61 Å². The molecule has 0 spiro atoms. The Morgan fingerprint density at radius 3 is 2.75 bits per heavy atom. The van der Waals surface area contributed by atoms with Gasteiger partial charge in [0.1, 0.15) is 0 Å². The van der Waals surface area contributed by atoms with Crippen LogP contribution in [0.25, 0.3) is 0 Å². The Balaban J connectivity index is 3.20. The van der Waals surface area contributed by atoms with Gasteiger partial charge in [-0.2, -0.15) is 0 Å². The zero-order chi connectivity index (χ0) is 9.19. The van der Waals surface area contributed by atoms with Crippen LogP contribution in [0, 0.1) is 4.78 Å². The lowest BCUT2D eigenvalue weighted by Gasteiger charge is -2.02. The van der Waals surface area contributed by atoms with Gasteiger partial charge in [-0.1, -0.05) is 12.1 Å². The minimum atomic E-state index is -2.65. The van der Waals surface area contributed by atoms with Crippen molar-refractivity contribution in [2.45, 2.75) is 11.5 Å². The fraction of sp³-hybridized carbons (Fsp3) is 0.250. The zero-order valence-corrected chi connectivity index (χ0v) is 7.60. The molecule has 2 N–H and O–H groups in total. The summed E-state index contributed by atoms with van der Waals surface area (Å²) >= 11 is 0. The quantitative estimate of drug-likeness (QED) is 0.727. The Morgan fingerprint density at radius 2 is 2.25 bits per heavy atom. The van der Waals surface area contributed by atoms with Crippen LogP contribution < -0.4 is 0 Å². The van der Waals surface area contributed by atoms with E-state index < -0.39 is 9.73 Å². The summed E-state index contributed by atoms with van der Waals surface area (Å²) in [6.45, 7) is -0.0800. The maximum atomic E-state index is 11.2. The van der Waals surface area contributed by atoms with E-state index in [1.165, 1.54) is 6.26 Å². The van der Waals surface area contributed by atoms with Crippen molar-refractivity contribution >= 4 is 9.73 Å². The van der Waals surface area contributed by atoms with Crippen molar-refractivity contribution in [3.63, 3.8) is 0 Å². The normalized spacial score (nSPS) is 15.5. The molecule has 0 aliphatic heterocycles. The molecule has 0 saturated carbocycles. The van der Waals surface area contributed by atoms with Crippen molar-refractivity contribution in [1.82, 2.24) is 0 Å². The molecular formula is C8H11NO2S. The second-order valence-corrected chi connectivity index (χ2v) is 4.81. The third kappa shape index (κ3) is 2.06. The first kappa shape index (κ1) is 9.22. The Morgan fingerprint density at radius 1 is 1.58 bits per heavy atom. The molecular weight excluding hydrogens is 174 g/mol. The Kier molecular flexibility index (Phi) is 2.49. The minimum absolute atomic E-state index is 0.0800. The van der Waals surface area contributed by atoms with Gasteiger partial charge < -0.3 is 5.11 Å². The highest BCUT2D eigenvalue weighted by atomic mass is 32.2. The minimum Gasteiger partial charge on any atom is -0.392 e. The van der Waals surface area contributed by atoms with E-state index in [4.69, 9.17) is 9.89 Å². The van der Waals surface area contributed by atoms with Crippen molar-refractivity contribution in [3.05, 3.63) is 29.8 Å². The van der Waals surface area contributed by atoms with Gasteiger partial charge in [0, 0.05) is 11.2 Å². The Bertz CT molecular complexity index is 370. The van der Waals surface area contributed by atoms with Crippen LogP contribution >= 0.6 is 0 Å². The first-order valence-electron chi connectivity index (χ1n) is 3.47. The summed E-state index contributed by atoms with van der Waals surface area (Å²) in [4.78, 5) is 0.467. The topological polar surface area (TPSA) is 61.2 Å². The van der Waals surface area contributed by atoms with Crippen molar-refractivity contribution in [3.8, 4) is 0 Å². The third-order valence-electron chi connectivity index (χ3n) is 1.53. The molecule has 1 aromatic rings. The first-order valence-corrected chi connectivity index (χ1v) is 5.44. The van der Waals surface area contributed by atoms with Gasteiger partial charge in [-0.25, -0.2) is 8.99 Å². The summed E-state index contributed by atoms with van der Waals surface area (Å²) in [6, 6.07) is 6.65. The van der Waals surface area contributed by atoms with Crippen LogP contribution in [0.4, 0.5) is 0 Å². The molecule has 1 atom stereocenters. The summed E-state index contributed by atoms with van der Waals surface area (Å²) in [6.07, 6.45) is 1.36. The van der Waals surface area contributed by atoms with Crippen molar-refractivity contribution < 1.29 is 9.32 Å². The number of nitrogens with one attached hydrogen (secondary N) is 1. The standard InChI is InChI=1S/C8H11NO2S/c1-12(9,11)8-4-2-3-7(5-8)6-10/h2-5,9-10H,6H2,1H3. The molecule has 0 aromatic heterocycles. The van der Waals surface area contributed by atoms with Gasteiger partial charge in [0.15, 0.2) is 0 Å². The second-order valence-electron chi connectivity index (χ2n) is 2.65. The highest BCUT2D eigenvalue weighted by Crippen LogP contribution is 2.11. The number of hydrogen-bond acceptors (Lipinski definition) is 3. The summed E-state index contributed by atoms with van der Waals surface area (Å²) in [5.41, 5.74) is 0.689. The molecule has 4 heteroatoms. The summed E-state index contributed by atoms with van der Waals surface area (Å²) in [5, 5.41) is 8.77. The molecule has 0 radical (unpaired) electrons. The van der Waals surface area contributed by atoms with Crippen LogP contribution in [0.1, 0.15) is 5.56 Å². The van der Waals surface area contributed by atoms with E-state index in [9.17, 15) is 4.21 Å². The van der Waals surface area contributed by atoms with E-state index in [0.29, 0.717) is 10.5 Å². The van der Waals surface area contributed by atoms with Gasteiger partial charge in [-0.05, 0) is 17.7 Å². The van der Waals surface area contributed by atoms with E-state index in [0.717, 1.165) is 0 Å². The smallest absolute Gasteiger partial charge is 0.0696 e. The molecule has 1 aromatic carbocycles. The zero-order valence-electron chi connectivity index (χ0n) is 6.78. The summed E-state index contributed by atoms with van der Waals surface area (Å²) in [5.74, 6) is 0. The molecule has 66 valence electrons. The molecule has 12 heavy (non-hydrogen) atoms. The average molecular weight is 185 g/mol. The number of rotatable bonds is 2. The predicted octanol–water partition coefficient (Wildman–Crippen LogP) is 1.21. The number of aliphatic hydroxyl groups excluding tert-OH is 1. The molecule has 3 nitrogen and oxygen atoms in total. The van der Waals surface area contributed by atoms with E-state index >= 15 is 0 Å². The fourth-order valence-electron chi connectivity index (χ4n) is 0.886. The van der Waals surface area contributed by atoms with Crippen LogP contribution in [0.2, 0.25) is 0 Å². The maximum absolute atomic E-state index is 11.2. The third-order valence-corrected chi connectivity index (χ3v) is 2.68. The first-order chi connectivity index (χ1) is 5.54. The lowest BCUT2D eigenvalue weighted by Crippen LogP contribution is -1.95. The van der Waals surface area contributed by atoms with Gasteiger partial charge in [-0.15, -0.1) is 0 Å². The molecule has 0 fully saturated rings. The molecule has 1 unspecified atom stereocenters. The predicted molar refractivity (Wildman–Crippen MR) is 47.4 cm³/mol. The Labute approximate surface area is 72.0 Å². The maximum Gasteiger partial charge on any atom is 0.0696 e. The fourth-order valence-corrected chi connectivity index (χ4v) is 1.60. The molecule has 0 aliphatic carbocycles. The summed E-state index contributed by atoms with van der Waals surface area (Å²) in [7, 11) is -2.65. The molecule has 0 heterocycles. The van der Waals surface area contributed by atoms with Crippen LogP contribution in [0.15, 0.2) is 29.2 Å². The molecule has 1 rings (SSSR count). The average Bonchev–Trinajstić information content (AvgIpc) is 2.03. The van der Waals surface area contributed by atoms with Gasteiger partial charge in [0.05, 0.1) is 16.3 Å². The molecule has 0 amide bonds. The molecule has 0 bridgehead atoms. The van der Waals surface area contributed by atoms with Crippen LogP contribution in [0.5, 0.6) is 0 Å². The van der Waals surface area contributed by atoms with Crippen LogP contribution in [-0.4, -0.2) is 15.6 Å². The van der Waals surface area contributed by atoms with E-state index in [1.807, 2.05) is 0 Å². The van der Waals surface area contributed by atoms with E-state index in [1.54, 1.807) is 24.3 Å². The lowest BCUT2D eigenvalue weighted by molar-refractivity contribution is 0.281. The number of hydrogen-bond donors (Lipinski definition) is 2. The lowest BCUT2D eigenvalue weighted by atomic mass is 10.2. The molecule has 0 aliphatic rings. The van der Waals surface area contributed by atoms with E-state index in [2.05, 4.69) is 0 Å². The Hall–Kier alpha value is -0.870. The molecule has 0 saturated heterocycles.